The number of aliphatic carboxylic acids is 1. The Morgan fingerprint density at radius 1 is 1.67 bits per heavy atom. The molecule has 0 atom stereocenters. The van der Waals surface area contributed by atoms with Crippen molar-refractivity contribution in [1.82, 2.24) is 10.4 Å². The van der Waals surface area contributed by atoms with Gasteiger partial charge in [0.15, 0.2) is 0 Å². The molecule has 0 unspecified atom stereocenters. The molecule has 0 saturated carbocycles. The Morgan fingerprint density at radius 2 is 2.33 bits per heavy atom. The van der Waals surface area contributed by atoms with E-state index in [1.54, 1.807) is 6.08 Å². The van der Waals surface area contributed by atoms with Crippen molar-refractivity contribution >= 4 is 5.97 Å². The molecule has 0 rings (SSSR count). The van der Waals surface area contributed by atoms with Crippen LogP contribution in [-0.4, -0.2) is 47.4 Å². The monoisotopic (exact) mass is 174 g/mol. The predicted molar refractivity (Wildman–Crippen MR) is 44.5 cm³/mol. The summed E-state index contributed by atoms with van der Waals surface area (Å²) in [5, 5.41) is 18.4. The van der Waals surface area contributed by atoms with Crippen LogP contribution in [0.15, 0.2) is 12.7 Å². The number of carboxylic acid groups (broad SMARTS) is 1. The van der Waals surface area contributed by atoms with Crippen LogP contribution >= 0.6 is 0 Å². The molecule has 3 N–H and O–H groups in total. The van der Waals surface area contributed by atoms with Gasteiger partial charge in [-0.3, -0.25) is 10.2 Å². The highest BCUT2D eigenvalue weighted by atomic mass is 16.4. The summed E-state index contributed by atoms with van der Waals surface area (Å²) in [5.41, 5.74) is 2.78. The summed E-state index contributed by atoms with van der Waals surface area (Å²) in [5.74, 6) is -0.931. The number of aliphatic hydroxyl groups excluding tert-OH is 1. The number of nitrogens with one attached hydrogen (secondary N) is 1. The van der Waals surface area contributed by atoms with E-state index < -0.39 is 5.97 Å². The Hall–Kier alpha value is -0.910. The lowest BCUT2D eigenvalue weighted by Gasteiger charge is -2.18. The van der Waals surface area contributed by atoms with E-state index in [-0.39, 0.29) is 13.2 Å². The molecule has 12 heavy (non-hydrogen) atoms. The van der Waals surface area contributed by atoms with E-state index in [9.17, 15) is 4.79 Å². The van der Waals surface area contributed by atoms with Crippen molar-refractivity contribution in [2.24, 2.45) is 0 Å². The highest BCUT2D eigenvalue weighted by Gasteiger charge is 2.06. The highest BCUT2D eigenvalue weighted by molar-refractivity contribution is 5.68. The van der Waals surface area contributed by atoms with E-state index in [1.165, 1.54) is 5.01 Å². The molecule has 0 aromatic rings. The molecule has 5 heteroatoms. The molecule has 0 aliphatic heterocycles. The summed E-state index contributed by atoms with van der Waals surface area (Å²) < 4.78 is 0. The lowest BCUT2D eigenvalue weighted by Crippen LogP contribution is -2.43. The van der Waals surface area contributed by atoms with Gasteiger partial charge in [0, 0.05) is 13.1 Å². The van der Waals surface area contributed by atoms with Gasteiger partial charge in [0.05, 0.1) is 6.61 Å². The molecule has 0 aliphatic carbocycles. The second-order valence-corrected chi connectivity index (χ2v) is 2.19. The Kier molecular flexibility index (Phi) is 6.26. The van der Waals surface area contributed by atoms with Gasteiger partial charge in [0.25, 0.3) is 0 Å². The van der Waals surface area contributed by atoms with Crippen molar-refractivity contribution in [3.8, 4) is 0 Å². The van der Waals surface area contributed by atoms with Crippen LogP contribution in [0.25, 0.3) is 0 Å². The van der Waals surface area contributed by atoms with Gasteiger partial charge in [-0.05, 0) is 0 Å². The van der Waals surface area contributed by atoms with Crippen molar-refractivity contribution in [2.75, 3.05) is 26.2 Å². The molecule has 0 spiro atoms. The standard InChI is InChI=1S/C7H14N2O3/c1-2-3-8-9(4-5-10)6-7(11)12/h2,8,10H,1,3-6H2,(H,11,12). The third kappa shape index (κ3) is 5.84. The number of carbonyl (C=O) groups is 1. The third-order valence-electron chi connectivity index (χ3n) is 1.16. The lowest BCUT2D eigenvalue weighted by molar-refractivity contribution is -0.139. The van der Waals surface area contributed by atoms with Gasteiger partial charge in [-0.15, -0.1) is 6.58 Å². The highest BCUT2D eigenvalue weighted by Crippen LogP contribution is 1.81. The Morgan fingerprint density at radius 3 is 2.75 bits per heavy atom. The molecule has 0 aliphatic rings. The number of hydrazine groups is 1. The molecule has 0 radical (unpaired) electrons. The minimum atomic E-state index is -0.931. The summed E-state index contributed by atoms with van der Waals surface area (Å²) in [6.07, 6.45) is 1.62. The number of hydrogen-bond acceptors (Lipinski definition) is 4. The SMILES string of the molecule is C=CCNN(CCO)CC(=O)O. The van der Waals surface area contributed by atoms with Crippen LogP contribution in [0.5, 0.6) is 0 Å². The maximum atomic E-state index is 10.3. The zero-order valence-corrected chi connectivity index (χ0v) is 6.86. The summed E-state index contributed by atoms with van der Waals surface area (Å²) in [6, 6.07) is 0. The Balaban J connectivity index is 3.68. The molecule has 70 valence electrons. The van der Waals surface area contributed by atoms with Gasteiger partial charge in [-0.1, -0.05) is 6.08 Å². The van der Waals surface area contributed by atoms with Gasteiger partial charge < -0.3 is 10.2 Å². The van der Waals surface area contributed by atoms with E-state index >= 15 is 0 Å². The van der Waals surface area contributed by atoms with Gasteiger partial charge in [0.1, 0.15) is 6.54 Å². The first-order valence-electron chi connectivity index (χ1n) is 3.62. The fraction of sp³-hybridized carbons (Fsp3) is 0.571. The quantitative estimate of drug-likeness (QED) is 0.343. The number of rotatable bonds is 7. The van der Waals surface area contributed by atoms with Crippen LogP contribution in [-0.2, 0) is 4.79 Å². The maximum Gasteiger partial charge on any atom is 0.319 e. The summed E-state index contributed by atoms with van der Waals surface area (Å²) in [7, 11) is 0. The Labute approximate surface area is 71.3 Å². The van der Waals surface area contributed by atoms with Gasteiger partial charge in [-0.25, -0.2) is 5.01 Å². The van der Waals surface area contributed by atoms with Crippen LogP contribution in [0.2, 0.25) is 0 Å². The van der Waals surface area contributed by atoms with Crippen molar-refractivity contribution in [2.45, 2.75) is 0 Å². The second kappa shape index (κ2) is 6.78. The van der Waals surface area contributed by atoms with Crippen molar-refractivity contribution in [3.63, 3.8) is 0 Å². The van der Waals surface area contributed by atoms with Gasteiger partial charge in [0.2, 0.25) is 0 Å². The Bertz CT molecular complexity index is 150. The summed E-state index contributed by atoms with van der Waals surface area (Å²) in [4.78, 5) is 10.3. The summed E-state index contributed by atoms with van der Waals surface area (Å²) in [6.45, 7) is 4.06. The van der Waals surface area contributed by atoms with E-state index in [0.717, 1.165) is 0 Å². The topological polar surface area (TPSA) is 72.8 Å². The molecule has 0 amide bonds. The maximum absolute atomic E-state index is 10.3. The number of carboxylic acids is 1. The molecule has 0 saturated heterocycles. The van der Waals surface area contributed by atoms with Crippen molar-refractivity contribution < 1.29 is 15.0 Å². The molecule has 0 fully saturated rings. The van der Waals surface area contributed by atoms with Crippen LogP contribution in [0, 0.1) is 0 Å². The van der Waals surface area contributed by atoms with Crippen LogP contribution < -0.4 is 5.43 Å². The number of nitrogens with zero attached hydrogens (tertiary/aromatic N) is 1. The smallest absolute Gasteiger partial charge is 0.319 e. The predicted octanol–water partition coefficient (Wildman–Crippen LogP) is -0.944. The largest absolute Gasteiger partial charge is 0.480 e. The molecular weight excluding hydrogens is 160 g/mol. The van der Waals surface area contributed by atoms with Crippen LogP contribution in [0.3, 0.4) is 0 Å². The number of hydrogen-bond donors (Lipinski definition) is 3. The first-order chi connectivity index (χ1) is 5.70. The molecule has 5 nitrogen and oxygen atoms in total. The van der Waals surface area contributed by atoms with Crippen molar-refractivity contribution in [1.29, 1.82) is 0 Å². The molecular formula is C7H14N2O3. The minimum absolute atomic E-state index is 0.0720. The van der Waals surface area contributed by atoms with Crippen molar-refractivity contribution in [3.05, 3.63) is 12.7 Å². The molecule has 0 heterocycles. The fourth-order valence-corrected chi connectivity index (χ4v) is 0.692. The molecule has 0 bridgehead atoms. The average molecular weight is 174 g/mol. The third-order valence-corrected chi connectivity index (χ3v) is 1.16. The minimum Gasteiger partial charge on any atom is -0.480 e. The van der Waals surface area contributed by atoms with Crippen LogP contribution in [0.1, 0.15) is 0 Å². The first kappa shape index (κ1) is 11.1. The van der Waals surface area contributed by atoms with Crippen LogP contribution in [0.4, 0.5) is 0 Å². The average Bonchev–Trinajstić information content (AvgIpc) is 2.00. The van der Waals surface area contributed by atoms with Gasteiger partial charge in [-0.2, -0.15) is 0 Å². The lowest BCUT2D eigenvalue weighted by atomic mass is 10.5. The zero-order valence-electron chi connectivity index (χ0n) is 6.86. The second-order valence-electron chi connectivity index (χ2n) is 2.19. The first-order valence-corrected chi connectivity index (χ1v) is 3.62. The normalized spacial score (nSPS) is 10.2. The fourth-order valence-electron chi connectivity index (χ4n) is 0.692. The van der Waals surface area contributed by atoms with E-state index in [2.05, 4.69) is 12.0 Å². The molecule has 0 aromatic heterocycles. The number of aliphatic hydroxyl groups is 1. The van der Waals surface area contributed by atoms with E-state index in [1.807, 2.05) is 0 Å². The zero-order chi connectivity index (χ0) is 9.40. The van der Waals surface area contributed by atoms with E-state index in [4.69, 9.17) is 10.2 Å². The van der Waals surface area contributed by atoms with Gasteiger partial charge >= 0.3 is 5.97 Å². The van der Waals surface area contributed by atoms with E-state index in [0.29, 0.717) is 13.1 Å². The summed E-state index contributed by atoms with van der Waals surface area (Å²) >= 11 is 0. The molecule has 0 aromatic carbocycles.